The van der Waals surface area contributed by atoms with E-state index in [4.69, 9.17) is 16.7 Å². The number of halogens is 1. The first-order valence-electron chi connectivity index (χ1n) is 5.07. The van der Waals surface area contributed by atoms with Crippen LogP contribution in [-0.2, 0) is 9.59 Å². The Hall–Kier alpha value is -1.81. The largest absolute Gasteiger partial charge is 0.481 e. The first-order valence-corrected chi connectivity index (χ1v) is 5.44. The third kappa shape index (κ3) is 2.65. The van der Waals surface area contributed by atoms with Gasteiger partial charge in [-0.05, 0) is 17.7 Å². The lowest BCUT2D eigenvalue weighted by atomic mass is 10.0. The lowest BCUT2D eigenvalue weighted by Gasteiger charge is -2.09. The van der Waals surface area contributed by atoms with Crippen molar-refractivity contribution in [3.8, 4) is 0 Å². The molecule has 0 atom stereocenters. The summed E-state index contributed by atoms with van der Waals surface area (Å²) in [6.07, 6.45) is 1.71. The Bertz CT molecular complexity index is 522. The number of benzene rings is 1. The van der Waals surface area contributed by atoms with Crippen molar-refractivity contribution in [3.63, 3.8) is 0 Å². The lowest BCUT2D eigenvalue weighted by molar-refractivity contribution is -0.135. The molecule has 1 aliphatic rings. The topological polar surface area (TPSA) is 66.4 Å². The van der Waals surface area contributed by atoms with Gasteiger partial charge in [0, 0.05) is 22.7 Å². The SMILES string of the molecule is O=C(O)CC1=CCC(=O)Nc2cc(Cl)ccc21. The molecule has 0 aliphatic carbocycles. The van der Waals surface area contributed by atoms with Gasteiger partial charge < -0.3 is 10.4 Å². The molecular formula is C12H10ClNO3. The van der Waals surface area contributed by atoms with Gasteiger partial charge in [-0.25, -0.2) is 0 Å². The number of carbonyl (C=O) groups excluding carboxylic acids is 1. The van der Waals surface area contributed by atoms with Gasteiger partial charge in [0.1, 0.15) is 0 Å². The van der Waals surface area contributed by atoms with Crippen molar-refractivity contribution in [2.75, 3.05) is 5.32 Å². The Morgan fingerprint density at radius 1 is 1.47 bits per heavy atom. The van der Waals surface area contributed by atoms with Gasteiger partial charge in [0.05, 0.1) is 6.42 Å². The van der Waals surface area contributed by atoms with Crippen molar-refractivity contribution >= 4 is 34.7 Å². The van der Waals surface area contributed by atoms with Crippen LogP contribution in [0.15, 0.2) is 24.3 Å². The van der Waals surface area contributed by atoms with Crippen LogP contribution in [0.1, 0.15) is 18.4 Å². The van der Waals surface area contributed by atoms with Gasteiger partial charge in [0.15, 0.2) is 0 Å². The second-order valence-electron chi connectivity index (χ2n) is 3.74. The fourth-order valence-corrected chi connectivity index (χ4v) is 1.93. The summed E-state index contributed by atoms with van der Waals surface area (Å²) in [5.41, 5.74) is 1.90. The summed E-state index contributed by atoms with van der Waals surface area (Å²) in [6, 6.07) is 5.02. The van der Waals surface area contributed by atoms with Gasteiger partial charge in [0.25, 0.3) is 0 Å². The zero-order chi connectivity index (χ0) is 12.4. The molecule has 0 radical (unpaired) electrons. The van der Waals surface area contributed by atoms with Crippen LogP contribution in [0, 0.1) is 0 Å². The molecule has 17 heavy (non-hydrogen) atoms. The third-order valence-electron chi connectivity index (χ3n) is 2.48. The third-order valence-corrected chi connectivity index (χ3v) is 2.71. The summed E-state index contributed by atoms with van der Waals surface area (Å²) in [4.78, 5) is 22.2. The monoisotopic (exact) mass is 251 g/mol. The van der Waals surface area contributed by atoms with Crippen LogP contribution in [-0.4, -0.2) is 17.0 Å². The molecule has 0 aromatic heterocycles. The number of carbonyl (C=O) groups is 2. The van der Waals surface area contributed by atoms with Crippen molar-refractivity contribution < 1.29 is 14.7 Å². The van der Waals surface area contributed by atoms with E-state index in [0.717, 1.165) is 0 Å². The van der Waals surface area contributed by atoms with Crippen molar-refractivity contribution in [1.29, 1.82) is 0 Å². The van der Waals surface area contributed by atoms with Gasteiger partial charge in [-0.3, -0.25) is 9.59 Å². The van der Waals surface area contributed by atoms with Crippen molar-refractivity contribution in [2.24, 2.45) is 0 Å². The number of carboxylic acid groups (broad SMARTS) is 1. The maximum Gasteiger partial charge on any atom is 0.307 e. The highest BCUT2D eigenvalue weighted by Gasteiger charge is 2.17. The molecule has 0 fully saturated rings. The summed E-state index contributed by atoms with van der Waals surface area (Å²) in [6.45, 7) is 0. The second kappa shape index (κ2) is 4.59. The fourth-order valence-electron chi connectivity index (χ4n) is 1.76. The van der Waals surface area contributed by atoms with Crippen molar-refractivity contribution in [3.05, 3.63) is 34.9 Å². The van der Waals surface area contributed by atoms with Gasteiger partial charge >= 0.3 is 5.97 Å². The number of carboxylic acids is 1. The normalized spacial score (nSPS) is 14.4. The number of fused-ring (bicyclic) bond motifs is 1. The molecule has 0 bridgehead atoms. The van der Waals surface area contributed by atoms with Crippen LogP contribution in [0.5, 0.6) is 0 Å². The zero-order valence-electron chi connectivity index (χ0n) is 8.87. The standard InChI is InChI=1S/C12H10ClNO3/c13-8-2-3-9-7(5-12(16)17)1-4-11(15)14-10(9)6-8/h1-3,6H,4-5H2,(H,14,15)(H,16,17). The van der Waals surface area contributed by atoms with E-state index in [0.29, 0.717) is 21.8 Å². The highest BCUT2D eigenvalue weighted by atomic mass is 35.5. The Morgan fingerprint density at radius 3 is 2.94 bits per heavy atom. The minimum atomic E-state index is -0.925. The number of anilines is 1. The fraction of sp³-hybridized carbons (Fsp3) is 0.167. The second-order valence-corrected chi connectivity index (χ2v) is 4.18. The molecule has 1 heterocycles. The number of nitrogens with one attached hydrogen (secondary N) is 1. The molecule has 1 aromatic rings. The molecule has 4 nitrogen and oxygen atoms in total. The Morgan fingerprint density at radius 2 is 2.24 bits per heavy atom. The summed E-state index contributed by atoms with van der Waals surface area (Å²) in [7, 11) is 0. The molecule has 2 N–H and O–H groups in total. The van der Waals surface area contributed by atoms with Crippen molar-refractivity contribution in [1.82, 2.24) is 0 Å². The average molecular weight is 252 g/mol. The van der Waals surface area contributed by atoms with Crippen LogP contribution in [0.4, 0.5) is 5.69 Å². The first kappa shape index (κ1) is 11.7. The van der Waals surface area contributed by atoms with E-state index >= 15 is 0 Å². The molecule has 1 aliphatic heterocycles. The number of amides is 1. The lowest BCUT2D eigenvalue weighted by Crippen LogP contribution is -2.09. The van der Waals surface area contributed by atoms with E-state index in [1.54, 1.807) is 24.3 Å². The molecule has 88 valence electrons. The van der Waals surface area contributed by atoms with Crippen LogP contribution in [0.3, 0.4) is 0 Å². The molecule has 0 saturated carbocycles. The molecule has 0 saturated heterocycles. The predicted molar refractivity (Wildman–Crippen MR) is 64.9 cm³/mol. The Balaban J connectivity index is 2.48. The number of aliphatic carboxylic acids is 1. The quantitative estimate of drug-likeness (QED) is 0.849. The Kier molecular flexibility index (Phi) is 3.15. The van der Waals surface area contributed by atoms with Gasteiger partial charge in [-0.2, -0.15) is 0 Å². The van der Waals surface area contributed by atoms with E-state index in [2.05, 4.69) is 5.32 Å². The molecule has 5 heteroatoms. The maximum absolute atomic E-state index is 11.4. The maximum atomic E-state index is 11.4. The highest BCUT2D eigenvalue weighted by molar-refractivity contribution is 6.31. The van der Waals surface area contributed by atoms with Gasteiger partial charge in [-0.15, -0.1) is 0 Å². The molecule has 2 rings (SSSR count). The molecule has 1 aromatic carbocycles. The summed E-state index contributed by atoms with van der Waals surface area (Å²) in [5.74, 6) is -1.10. The summed E-state index contributed by atoms with van der Waals surface area (Å²) < 4.78 is 0. The van der Waals surface area contributed by atoms with Crippen LogP contribution < -0.4 is 5.32 Å². The van der Waals surface area contributed by atoms with Crippen molar-refractivity contribution in [2.45, 2.75) is 12.8 Å². The summed E-state index contributed by atoms with van der Waals surface area (Å²) >= 11 is 5.84. The average Bonchev–Trinajstić information content (AvgIpc) is 2.37. The van der Waals surface area contributed by atoms with Crippen LogP contribution in [0.25, 0.3) is 5.57 Å². The van der Waals surface area contributed by atoms with Crippen LogP contribution in [0.2, 0.25) is 5.02 Å². The van der Waals surface area contributed by atoms with E-state index < -0.39 is 5.97 Å². The van der Waals surface area contributed by atoms with E-state index in [1.165, 1.54) is 0 Å². The van der Waals surface area contributed by atoms with E-state index in [9.17, 15) is 9.59 Å². The smallest absolute Gasteiger partial charge is 0.307 e. The molecule has 1 amide bonds. The number of hydrogen-bond donors (Lipinski definition) is 2. The highest BCUT2D eigenvalue weighted by Crippen LogP contribution is 2.31. The molecule has 0 unspecified atom stereocenters. The van der Waals surface area contributed by atoms with Crippen LogP contribution >= 0.6 is 11.6 Å². The first-order chi connectivity index (χ1) is 8.06. The summed E-state index contributed by atoms with van der Waals surface area (Å²) in [5, 5.41) is 12.0. The minimum absolute atomic E-state index is 0.108. The zero-order valence-corrected chi connectivity index (χ0v) is 9.62. The number of rotatable bonds is 2. The Labute approximate surface area is 103 Å². The van der Waals surface area contributed by atoms with Gasteiger partial charge in [0.2, 0.25) is 5.91 Å². The minimum Gasteiger partial charge on any atom is -0.481 e. The number of hydrogen-bond acceptors (Lipinski definition) is 2. The van der Waals surface area contributed by atoms with E-state index in [1.807, 2.05) is 0 Å². The van der Waals surface area contributed by atoms with Gasteiger partial charge in [-0.1, -0.05) is 23.7 Å². The predicted octanol–water partition coefficient (Wildman–Crippen LogP) is 2.54. The molecular weight excluding hydrogens is 242 g/mol. The molecule has 0 spiro atoms. The van der Waals surface area contributed by atoms with E-state index in [-0.39, 0.29) is 18.7 Å².